The SMILES string of the molecule is Cc1cc(N)c2cc(NC(=O)c3cccc(-c4ccccc4)c3)ccc2n1. The standard InChI is InChI=1S/C23H19N3O/c1-15-12-21(24)20-14-19(10-11-22(20)25-15)26-23(27)18-9-5-8-17(13-18)16-6-3-2-4-7-16/h2-14H,1H3,(H2,24,25)(H,26,27). The number of amides is 1. The largest absolute Gasteiger partial charge is 0.398 e. The van der Waals surface area contributed by atoms with Gasteiger partial charge in [-0.3, -0.25) is 9.78 Å². The molecule has 0 unspecified atom stereocenters. The molecule has 0 aliphatic rings. The number of nitrogens with two attached hydrogens (primary N) is 1. The number of hydrogen-bond donors (Lipinski definition) is 2. The number of pyridine rings is 1. The molecule has 0 spiro atoms. The summed E-state index contributed by atoms with van der Waals surface area (Å²) < 4.78 is 0. The van der Waals surface area contributed by atoms with Gasteiger partial charge in [-0.1, -0.05) is 42.5 Å². The first-order chi connectivity index (χ1) is 13.1. The molecule has 132 valence electrons. The van der Waals surface area contributed by atoms with E-state index in [-0.39, 0.29) is 5.91 Å². The number of nitrogen functional groups attached to an aromatic ring is 1. The van der Waals surface area contributed by atoms with Crippen LogP contribution in [-0.4, -0.2) is 10.9 Å². The van der Waals surface area contributed by atoms with Gasteiger partial charge in [0.1, 0.15) is 0 Å². The Morgan fingerprint density at radius 2 is 1.67 bits per heavy atom. The number of aryl methyl sites for hydroxylation is 1. The first-order valence-corrected chi connectivity index (χ1v) is 8.74. The van der Waals surface area contributed by atoms with Gasteiger partial charge in [-0.05, 0) is 54.4 Å². The number of nitrogens with one attached hydrogen (secondary N) is 1. The number of carbonyl (C=O) groups is 1. The predicted octanol–water partition coefficient (Wildman–Crippen LogP) is 5.04. The van der Waals surface area contributed by atoms with Crippen LogP contribution < -0.4 is 11.1 Å². The molecule has 4 aromatic rings. The molecular weight excluding hydrogens is 334 g/mol. The maximum Gasteiger partial charge on any atom is 0.255 e. The fourth-order valence-corrected chi connectivity index (χ4v) is 3.14. The zero-order valence-electron chi connectivity index (χ0n) is 14.9. The number of anilines is 2. The summed E-state index contributed by atoms with van der Waals surface area (Å²) in [7, 11) is 0. The second kappa shape index (κ2) is 6.92. The van der Waals surface area contributed by atoms with Crippen LogP contribution in [0, 0.1) is 6.92 Å². The van der Waals surface area contributed by atoms with Gasteiger partial charge in [0.15, 0.2) is 0 Å². The van der Waals surface area contributed by atoms with Crippen molar-refractivity contribution in [3.63, 3.8) is 0 Å². The van der Waals surface area contributed by atoms with Crippen LogP contribution in [0.4, 0.5) is 11.4 Å². The number of hydrogen-bond acceptors (Lipinski definition) is 3. The van der Waals surface area contributed by atoms with E-state index in [4.69, 9.17) is 5.73 Å². The fourth-order valence-electron chi connectivity index (χ4n) is 3.14. The van der Waals surface area contributed by atoms with Crippen LogP contribution >= 0.6 is 0 Å². The van der Waals surface area contributed by atoms with Crippen molar-refractivity contribution in [1.29, 1.82) is 0 Å². The van der Waals surface area contributed by atoms with Crippen molar-refractivity contribution in [2.24, 2.45) is 0 Å². The molecule has 3 aromatic carbocycles. The van der Waals surface area contributed by atoms with Gasteiger partial charge in [0.2, 0.25) is 0 Å². The van der Waals surface area contributed by atoms with Crippen LogP contribution in [0.5, 0.6) is 0 Å². The van der Waals surface area contributed by atoms with Crippen LogP contribution in [-0.2, 0) is 0 Å². The average molecular weight is 353 g/mol. The number of aromatic nitrogens is 1. The van der Waals surface area contributed by atoms with Crippen molar-refractivity contribution in [3.8, 4) is 11.1 Å². The Labute approximate surface area is 157 Å². The Bertz CT molecular complexity index is 1140. The van der Waals surface area contributed by atoms with Crippen molar-refractivity contribution >= 4 is 28.2 Å². The van der Waals surface area contributed by atoms with Crippen LogP contribution in [0.25, 0.3) is 22.0 Å². The Hall–Kier alpha value is -3.66. The summed E-state index contributed by atoms with van der Waals surface area (Å²) in [5.41, 5.74) is 11.8. The molecule has 1 aromatic heterocycles. The third kappa shape index (κ3) is 3.51. The molecule has 0 bridgehead atoms. The molecule has 0 atom stereocenters. The maximum atomic E-state index is 12.7. The molecule has 0 saturated carbocycles. The van der Waals surface area contributed by atoms with E-state index in [1.54, 1.807) is 0 Å². The van der Waals surface area contributed by atoms with E-state index in [1.807, 2.05) is 85.8 Å². The number of benzene rings is 3. The molecule has 4 nitrogen and oxygen atoms in total. The first-order valence-electron chi connectivity index (χ1n) is 8.74. The zero-order chi connectivity index (χ0) is 18.8. The number of carbonyl (C=O) groups excluding carboxylic acids is 1. The average Bonchev–Trinajstić information content (AvgIpc) is 2.69. The van der Waals surface area contributed by atoms with E-state index in [9.17, 15) is 4.79 Å². The van der Waals surface area contributed by atoms with Gasteiger partial charge in [-0.15, -0.1) is 0 Å². The number of fused-ring (bicyclic) bond motifs is 1. The summed E-state index contributed by atoms with van der Waals surface area (Å²) in [6.45, 7) is 1.91. The van der Waals surface area contributed by atoms with Crippen LogP contribution in [0.15, 0.2) is 78.9 Å². The highest BCUT2D eigenvalue weighted by atomic mass is 16.1. The highest BCUT2D eigenvalue weighted by Crippen LogP contribution is 2.25. The van der Waals surface area contributed by atoms with Crippen molar-refractivity contribution in [2.45, 2.75) is 6.92 Å². The number of rotatable bonds is 3. The fraction of sp³-hybridized carbons (Fsp3) is 0.0435. The molecule has 4 rings (SSSR count). The highest BCUT2D eigenvalue weighted by molar-refractivity contribution is 6.06. The van der Waals surface area contributed by atoms with Gasteiger partial charge in [0.25, 0.3) is 5.91 Å². The molecule has 0 aliphatic heterocycles. The van der Waals surface area contributed by atoms with Gasteiger partial charge < -0.3 is 11.1 Å². The third-order valence-electron chi connectivity index (χ3n) is 4.46. The quantitative estimate of drug-likeness (QED) is 0.542. The second-order valence-corrected chi connectivity index (χ2v) is 6.49. The molecular formula is C23H19N3O. The third-order valence-corrected chi connectivity index (χ3v) is 4.46. The Morgan fingerprint density at radius 1 is 0.889 bits per heavy atom. The summed E-state index contributed by atoms with van der Waals surface area (Å²) in [4.78, 5) is 17.2. The van der Waals surface area contributed by atoms with E-state index in [2.05, 4.69) is 10.3 Å². The lowest BCUT2D eigenvalue weighted by Crippen LogP contribution is -2.12. The van der Waals surface area contributed by atoms with Gasteiger partial charge >= 0.3 is 0 Å². The van der Waals surface area contributed by atoms with Crippen molar-refractivity contribution in [1.82, 2.24) is 4.98 Å². The van der Waals surface area contributed by atoms with E-state index in [1.165, 1.54) is 0 Å². The normalized spacial score (nSPS) is 10.7. The Morgan fingerprint density at radius 3 is 2.48 bits per heavy atom. The van der Waals surface area contributed by atoms with Crippen LogP contribution in [0.1, 0.15) is 16.1 Å². The molecule has 27 heavy (non-hydrogen) atoms. The van der Waals surface area contributed by atoms with E-state index < -0.39 is 0 Å². The summed E-state index contributed by atoms with van der Waals surface area (Å²) >= 11 is 0. The summed E-state index contributed by atoms with van der Waals surface area (Å²) in [5.74, 6) is -0.161. The monoisotopic (exact) mass is 353 g/mol. The van der Waals surface area contributed by atoms with Gasteiger partial charge in [-0.25, -0.2) is 0 Å². The number of nitrogens with zero attached hydrogens (tertiary/aromatic N) is 1. The van der Waals surface area contributed by atoms with Crippen LogP contribution in [0.2, 0.25) is 0 Å². The zero-order valence-corrected chi connectivity index (χ0v) is 14.9. The minimum Gasteiger partial charge on any atom is -0.398 e. The Balaban J connectivity index is 1.62. The van der Waals surface area contributed by atoms with Crippen molar-refractivity contribution in [3.05, 3.63) is 90.1 Å². The lowest BCUT2D eigenvalue weighted by molar-refractivity contribution is 0.102. The van der Waals surface area contributed by atoms with Crippen molar-refractivity contribution in [2.75, 3.05) is 11.1 Å². The molecule has 0 fully saturated rings. The maximum absolute atomic E-state index is 12.7. The van der Waals surface area contributed by atoms with E-state index >= 15 is 0 Å². The lowest BCUT2D eigenvalue weighted by atomic mass is 10.0. The summed E-state index contributed by atoms with van der Waals surface area (Å²) in [6.07, 6.45) is 0. The summed E-state index contributed by atoms with van der Waals surface area (Å²) in [6, 6.07) is 25.0. The minimum absolute atomic E-state index is 0.161. The second-order valence-electron chi connectivity index (χ2n) is 6.49. The highest BCUT2D eigenvalue weighted by Gasteiger charge is 2.09. The molecule has 1 heterocycles. The molecule has 1 amide bonds. The van der Waals surface area contributed by atoms with Crippen molar-refractivity contribution < 1.29 is 4.79 Å². The Kier molecular flexibility index (Phi) is 4.30. The molecule has 0 saturated heterocycles. The topological polar surface area (TPSA) is 68.0 Å². The molecule has 0 aliphatic carbocycles. The van der Waals surface area contributed by atoms with Gasteiger partial charge in [-0.2, -0.15) is 0 Å². The summed E-state index contributed by atoms with van der Waals surface area (Å²) in [5, 5.41) is 3.78. The lowest BCUT2D eigenvalue weighted by Gasteiger charge is -2.09. The minimum atomic E-state index is -0.161. The van der Waals surface area contributed by atoms with Gasteiger partial charge in [0, 0.05) is 28.0 Å². The smallest absolute Gasteiger partial charge is 0.255 e. The predicted molar refractivity (Wildman–Crippen MR) is 111 cm³/mol. The van der Waals surface area contributed by atoms with E-state index in [0.717, 1.165) is 27.7 Å². The molecule has 0 radical (unpaired) electrons. The first kappa shape index (κ1) is 16.8. The van der Waals surface area contributed by atoms with Gasteiger partial charge in [0.05, 0.1) is 5.52 Å². The van der Waals surface area contributed by atoms with Crippen LogP contribution in [0.3, 0.4) is 0 Å². The van der Waals surface area contributed by atoms with E-state index in [0.29, 0.717) is 16.9 Å². The molecule has 4 heteroatoms. The molecule has 3 N–H and O–H groups in total.